The van der Waals surface area contributed by atoms with E-state index in [0.29, 0.717) is 24.7 Å². The first-order valence-electron chi connectivity index (χ1n) is 11.1. The van der Waals surface area contributed by atoms with E-state index in [9.17, 15) is 4.79 Å². The summed E-state index contributed by atoms with van der Waals surface area (Å²) in [5.41, 5.74) is 3.33. The van der Waals surface area contributed by atoms with Crippen LogP contribution < -0.4 is 10.1 Å². The van der Waals surface area contributed by atoms with Gasteiger partial charge in [-0.2, -0.15) is 5.10 Å². The molecule has 33 heavy (non-hydrogen) atoms. The van der Waals surface area contributed by atoms with E-state index < -0.39 is 0 Å². The molecule has 3 heterocycles. The molecule has 1 fully saturated rings. The van der Waals surface area contributed by atoms with Crippen molar-refractivity contribution in [3.8, 4) is 22.0 Å². The molecule has 5 rings (SSSR count). The van der Waals surface area contributed by atoms with Crippen LogP contribution in [0.5, 0.6) is 5.75 Å². The van der Waals surface area contributed by atoms with Crippen LogP contribution in [0.3, 0.4) is 0 Å². The van der Waals surface area contributed by atoms with E-state index in [1.165, 1.54) is 0 Å². The second-order valence-corrected chi connectivity index (χ2v) is 9.01. The van der Waals surface area contributed by atoms with Gasteiger partial charge in [-0.05, 0) is 48.6 Å². The molecule has 0 saturated carbocycles. The number of thiophene rings is 1. The lowest BCUT2D eigenvalue weighted by Gasteiger charge is -2.33. The summed E-state index contributed by atoms with van der Waals surface area (Å²) in [6.45, 7) is 1.40. The van der Waals surface area contributed by atoms with Gasteiger partial charge in [-0.25, -0.2) is 4.68 Å². The van der Waals surface area contributed by atoms with Crippen LogP contribution in [0.1, 0.15) is 23.2 Å². The number of piperidine rings is 1. The third kappa shape index (κ3) is 4.50. The van der Waals surface area contributed by atoms with Crippen molar-refractivity contribution in [2.75, 3.05) is 25.5 Å². The highest BCUT2D eigenvalue weighted by atomic mass is 32.1. The van der Waals surface area contributed by atoms with Crippen molar-refractivity contribution in [1.82, 2.24) is 14.7 Å². The fraction of sp³-hybridized carbons (Fsp3) is 0.231. The van der Waals surface area contributed by atoms with Gasteiger partial charge < -0.3 is 15.0 Å². The van der Waals surface area contributed by atoms with Gasteiger partial charge in [0.1, 0.15) is 11.4 Å². The van der Waals surface area contributed by atoms with Gasteiger partial charge in [0.2, 0.25) is 0 Å². The maximum absolute atomic E-state index is 13.6. The topological polar surface area (TPSA) is 59.4 Å². The molecule has 0 bridgehead atoms. The van der Waals surface area contributed by atoms with Crippen LogP contribution in [-0.2, 0) is 0 Å². The minimum Gasteiger partial charge on any atom is -0.495 e. The lowest BCUT2D eigenvalue weighted by Crippen LogP contribution is -2.42. The Balaban J connectivity index is 1.33. The van der Waals surface area contributed by atoms with E-state index in [2.05, 4.69) is 5.32 Å². The number of nitrogens with zero attached hydrogens (tertiary/aromatic N) is 3. The Bertz CT molecular complexity index is 1210. The number of benzene rings is 2. The average molecular weight is 459 g/mol. The number of hydrogen-bond donors (Lipinski definition) is 1. The molecule has 0 unspecified atom stereocenters. The Kier molecular flexibility index (Phi) is 6.13. The van der Waals surface area contributed by atoms with Gasteiger partial charge in [0.05, 0.1) is 28.9 Å². The lowest BCUT2D eigenvalue weighted by molar-refractivity contribution is 0.0719. The third-order valence-corrected chi connectivity index (χ3v) is 6.85. The van der Waals surface area contributed by atoms with Crippen LogP contribution in [-0.4, -0.2) is 46.8 Å². The first-order valence-corrected chi connectivity index (χ1v) is 12.0. The van der Waals surface area contributed by atoms with Crippen molar-refractivity contribution in [2.45, 2.75) is 18.9 Å². The van der Waals surface area contributed by atoms with E-state index in [1.54, 1.807) is 23.1 Å². The second kappa shape index (κ2) is 9.50. The molecule has 7 heteroatoms. The number of aromatic nitrogens is 2. The number of carbonyl (C=O) groups excluding carboxylic acids is 1. The zero-order chi connectivity index (χ0) is 22.6. The average Bonchev–Trinajstić information content (AvgIpc) is 3.55. The lowest BCUT2D eigenvalue weighted by atomic mass is 10.0. The Labute approximate surface area is 197 Å². The van der Waals surface area contributed by atoms with E-state index in [0.717, 1.165) is 40.5 Å². The first kappa shape index (κ1) is 21.3. The summed E-state index contributed by atoms with van der Waals surface area (Å²) < 4.78 is 7.26. The number of amides is 1. The van der Waals surface area contributed by atoms with Crippen molar-refractivity contribution in [2.24, 2.45) is 0 Å². The molecule has 168 valence electrons. The van der Waals surface area contributed by atoms with E-state index >= 15 is 0 Å². The standard InChI is InChI=1S/C26H26N4O2S/c1-32-23-11-6-5-10-22(23)27-19-13-15-29(16-14-19)26(31)21-18-30(20-8-3-2-4-9-20)28-25(21)24-12-7-17-33-24/h2-12,17-19,27H,13-16H2,1H3. The molecule has 1 amide bonds. The summed E-state index contributed by atoms with van der Waals surface area (Å²) in [7, 11) is 1.68. The number of anilines is 1. The highest BCUT2D eigenvalue weighted by molar-refractivity contribution is 7.13. The molecule has 0 atom stereocenters. The highest BCUT2D eigenvalue weighted by Gasteiger charge is 2.28. The molecule has 1 saturated heterocycles. The van der Waals surface area contributed by atoms with Crippen molar-refractivity contribution < 1.29 is 9.53 Å². The Morgan fingerprint density at radius 2 is 1.79 bits per heavy atom. The van der Waals surface area contributed by atoms with Crippen molar-refractivity contribution in [3.05, 3.63) is 83.9 Å². The van der Waals surface area contributed by atoms with Gasteiger partial charge in [-0.15, -0.1) is 11.3 Å². The number of rotatable bonds is 6. The molecule has 2 aromatic heterocycles. The van der Waals surface area contributed by atoms with Crippen LogP contribution in [0, 0.1) is 0 Å². The maximum atomic E-state index is 13.6. The van der Waals surface area contributed by atoms with Gasteiger partial charge in [0.25, 0.3) is 5.91 Å². The number of carbonyl (C=O) groups is 1. The molecule has 1 N–H and O–H groups in total. The third-order valence-electron chi connectivity index (χ3n) is 5.97. The molecular weight excluding hydrogens is 432 g/mol. The largest absolute Gasteiger partial charge is 0.495 e. The maximum Gasteiger partial charge on any atom is 0.257 e. The summed E-state index contributed by atoms with van der Waals surface area (Å²) in [5, 5.41) is 10.4. The van der Waals surface area contributed by atoms with Crippen molar-refractivity contribution >= 4 is 22.9 Å². The van der Waals surface area contributed by atoms with Gasteiger partial charge in [0, 0.05) is 25.3 Å². The monoisotopic (exact) mass is 458 g/mol. The Morgan fingerprint density at radius 3 is 2.52 bits per heavy atom. The van der Waals surface area contributed by atoms with Crippen molar-refractivity contribution in [1.29, 1.82) is 0 Å². The molecule has 4 aromatic rings. The summed E-state index contributed by atoms with van der Waals surface area (Å²) >= 11 is 1.60. The highest BCUT2D eigenvalue weighted by Crippen LogP contribution is 2.30. The van der Waals surface area contributed by atoms with Crippen LogP contribution in [0.25, 0.3) is 16.3 Å². The predicted octanol–water partition coefficient (Wildman–Crippen LogP) is 5.33. The van der Waals surface area contributed by atoms with Gasteiger partial charge >= 0.3 is 0 Å². The number of hydrogen-bond acceptors (Lipinski definition) is 5. The van der Waals surface area contributed by atoms with Gasteiger partial charge in [-0.3, -0.25) is 4.79 Å². The minimum atomic E-state index is 0.0383. The molecule has 2 aromatic carbocycles. The molecule has 0 radical (unpaired) electrons. The van der Waals surface area contributed by atoms with Crippen LogP contribution in [0.4, 0.5) is 5.69 Å². The molecule has 0 spiro atoms. The normalized spacial score (nSPS) is 14.3. The first-order chi connectivity index (χ1) is 16.2. The zero-order valence-electron chi connectivity index (χ0n) is 18.5. The fourth-order valence-electron chi connectivity index (χ4n) is 4.22. The minimum absolute atomic E-state index is 0.0383. The molecule has 6 nitrogen and oxygen atoms in total. The van der Waals surface area contributed by atoms with Crippen molar-refractivity contribution in [3.63, 3.8) is 0 Å². The van der Waals surface area contributed by atoms with E-state index in [-0.39, 0.29) is 5.91 Å². The molecular formula is C26H26N4O2S. The SMILES string of the molecule is COc1ccccc1NC1CCN(C(=O)c2cn(-c3ccccc3)nc2-c2cccs2)CC1. The van der Waals surface area contributed by atoms with Gasteiger partial charge in [-0.1, -0.05) is 36.4 Å². The second-order valence-electron chi connectivity index (χ2n) is 8.06. The zero-order valence-corrected chi connectivity index (χ0v) is 19.3. The van der Waals surface area contributed by atoms with Gasteiger partial charge in [0.15, 0.2) is 0 Å². The molecule has 1 aliphatic heterocycles. The number of ether oxygens (including phenoxy) is 1. The number of methoxy groups -OCH3 is 1. The summed E-state index contributed by atoms with van der Waals surface area (Å²) in [6, 6.07) is 22.2. The summed E-state index contributed by atoms with van der Waals surface area (Å²) in [6.07, 6.45) is 3.63. The Hall–Kier alpha value is -3.58. The quantitative estimate of drug-likeness (QED) is 0.425. The molecule has 1 aliphatic rings. The fourth-order valence-corrected chi connectivity index (χ4v) is 4.94. The molecule has 0 aliphatic carbocycles. The van der Waals surface area contributed by atoms with Crippen LogP contribution >= 0.6 is 11.3 Å². The van der Waals surface area contributed by atoms with E-state index in [1.807, 2.05) is 83.2 Å². The smallest absolute Gasteiger partial charge is 0.257 e. The number of para-hydroxylation sites is 3. The predicted molar refractivity (Wildman–Crippen MR) is 132 cm³/mol. The summed E-state index contributed by atoms with van der Waals surface area (Å²) in [5.74, 6) is 0.876. The number of nitrogens with one attached hydrogen (secondary N) is 1. The Morgan fingerprint density at radius 1 is 1.03 bits per heavy atom. The summed E-state index contributed by atoms with van der Waals surface area (Å²) in [4.78, 5) is 16.5. The number of likely N-dealkylation sites (tertiary alicyclic amines) is 1. The van der Waals surface area contributed by atoms with Crippen LogP contribution in [0.15, 0.2) is 78.3 Å². The van der Waals surface area contributed by atoms with E-state index in [4.69, 9.17) is 9.84 Å². The van der Waals surface area contributed by atoms with Crippen LogP contribution in [0.2, 0.25) is 0 Å².